The van der Waals surface area contributed by atoms with E-state index in [0.29, 0.717) is 5.92 Å². The van der Waals surface area contributed by atoms with Crippen molar-refractivity contribution in [2.24, 2.45) is 0 Å². The van der Waals surface area contributed by atoms with Crippen molar-refractivity contribution in [3.05, 3.63) is 35.4 Å². The molecule has 0 atom stereocenters. The van der Waals surface area contributed by atoms with Crippen LogP contribution in [-0.2, 0) is 10.2 Å². The maximum atomic E-state index is 12.0. The lowest BCUT2D eigenvalue weighted by atomic mass is 9.66. The lowest BCUT2D eigenvalue weighted by Gasteiger charge is -2.36. The number of benzene rings is 1. The van der Waals surface area contributed by atoms with Gasteiger partial charge in [-0.25, -0.2) is 0 Å². The molecule has 20 heavy (non-hydrogen) atoms. The molecule has 110 valence electrons. The summed E-state index contributed by atoms with van der Waals surface area (Å²) in [5.41, 5.74) is 1.71. The minimum atomic E-state index is -0.641. The van der Waals surface area contributed by atoms with Crippen LogP contribution in [0.4, 0.5) is 0 Å². The molecule has 0 aromatic heterocycles. The highest BCUT2D eigenvalue weighted by atomic mass is 16.4. The van der Waals surface area contributed by atoms with Gasteiger partial charge in [0.2, 0.25) is 0 Å². The fraction of sp³-hybridized carbons (Fsp3) is 0.611. The van der Waals surface area contributed by atoms with Crippen LogP contribution in [0.5, 0.6) is 0 Å². The zero-order chi connectivity index (χ0) is 14.6. The second kappa shape index (κ2) is 6.43. The van der Waals surface area contributed by atoms with E-state index in [1.165, 1.54) is 12.0 Å². The first-order valence-electron chi connectivity index (χ1n) is 7.98. The standard InChI is InChI=1S/C18H26O2/c1-3-14(4-2)15-10-6-7-11-16(15)18(17(19)20)12-8-5-9-13-18/h6-7,10-11,14H,3-5,8-9,12-13H2,1-2H3,(H,19,20). The average molecular weight is 274 g/mol. The van der Waals surface area contributed by atoms with Crippen molar-refractivity contribution in [1.82, 2.24) is 0 Å². The Morgan fingerprint density at radius 2 is 1.75 bits per heavy atom. The van der Waals surface area contributed by atoms with Gasteiger partial charge in [-0.3, -0.25) is 4.79 Å². The summed E-state index contributed by atoms with van der Waals surface area (Å²) < 4.78 is 0. The fourth-order valence-electron chi connectivity index (χ4n) is 3.77. The molecular weight excluding hydrogens is 248 g/mol. The minimum absolute atomic E-state index is 0.476. The van der Waals surface area contributed by atoms with Gasteiger partial charge >= 0.3 is 5.97 Å². The maximum absolute atomic E-state index is 12.0. The van der Waals surface area contributed by atoms with Crippen molar-refractivity contribution in [3.63, 3.8) is 0 Å². The number of carboxylic acids is 1. The summed E-state index contributed by atoms with van der Waals surface area (Å²) in [6.45, 7) is 4.39. The van der Waals surface area contributed by atoms with Gasteiger partial charge in [-0.15, -0.1) is 0 Å². The molecule has 1 aliphatic rings. The van der Waals surface area contributed by atoms with Crippen LogP contribution >= 0.6 is 0 Å². The highest BCUT2D eigenvalue weighted by Gasteiger charge is 2.42. The molecule has 1 fully saturated rings. The van der Waals surface area contributed by atoms with Gasteiger partial charge in [-0.1, -0.05) is 57.4 Å². The van der Waals surface area contributed by atoms with Crippen molar-refractivity contribution < 1.29 is 9.90 Å². The Labute approximate surface area is 122 Å². The Bertz CT molecular complexity index is 454. The van der Waals surface area contributed by atoms with Crippen molar-refractivity contribution in [3.8, 4) is 0 Å². The first-order chi connectivity index (χ1) is 9.65. The Balaban J connectivity index is 2.51. The fourth-order valence-corrected chi connectivity index (χ4v) is 3.77. The van der Waals surface area contributed by atoms with Gasteiger partial charge in [0.05, 0.1) is 5.41 Å². The van der Waals surface area contributed by atoms with Crippen molar-refractivity contribution in [2.45, 2.75) is 70.1 Å². The number of carbonyl (C=O) groups is 1. The Morgan fingerprint density at radius 1 is 1.15 bits per heavy atom. The summed E-state index contributed by atoms with van der Waals surface area (Å²) in [5, 5.41) is 9.89. The summed E-state index contributed by atoms with van der Waals surface area (Å²) in [6, 6.07) is 8.26. The molecule has 1 aliphatic carbocycles. The molecule has 0 heterocycles. The van der Waals surface area contributed by atoms with Crippen molar-refractivity contribution in [2.75, 3.05) is 0 Å². The lowest BCUT2D eigenvalue weighted by molar-refractivity contribution is -0.145. The van der Waals surface area contributed by atoms with Crippen LogP contribution < -0.4 is 0 Å². The minimum Gasteiger partial charge on any atom is -0.481 e. The first-order valence-corrected chi connectivity index (χ1v) is 7.98. The predicted octanol–water partition coefficient (Wildman–Crippen LogP) is 4.88. The number of aliphatic carboxylic acids is 1. The third kappa shape index (κ3) is 2.61. The smallest absolute Gasteiger partial charge is 0.314 e. The average Bonchev–Trinajstić information content (AvgIpc) is 2.49. The van der Waals surface area contributed by atoms with E-state index in [-0.39, 0.29) is 0 Å². The topological polar surface area (TPSA) is 37.3 Å². The molecular formula is C18H26O2. The van der Waals surface area contributed by atoms with Crippen LogP contribution in [0.3, 0.4) is 0 Å². The number of hydrogen-bond acceptors (Lipinski definition) is 1. The molecule has 0 spiro atoms. The summed E-state index contributed by atoms with van der Waals surface area (Å²) >= 11 is 0. The zero-order valence-electron chi connectivity index (χ0n) is 12.7. The Morgan fingerprint density at radius 3 is 2.30 bits per heavy atom. The van der Waals surface area contributed by atoms with Gasteiger partial charge in [0.25, 0.3) is 0 Å². The molecule has 1 aromatic rings. The molecule has 0 aliphatic heterocycles. The monoisotopic (exact) mass is 274 g/mol. The van der Waals surface area contributed by atoms with Crippen LogP contribution in [0, 0.1) is 0 Å². The van der Waals surface area contributed by atoms with Crippen LogP contribution in [0.25, 0.3) is 0 Å². The van der Waals surface area contributed by atoms with Gasteiger partial charge in [0, 0.05) is 0 Å². The lowest BCUT2D eigenvalue weighted by Crippen LogP contribution is -2.39. The number of rotatable bonds is 5. The van der Waals surface area contributed by atoms with Crippen LogP contribution in [0.1, 0.15) is 75.8 Å². The normalized spacial score (nSPS) is 18.1. The van der Waals surface area contributed by atoms with E-state index in [4.69, 9.17) is 0 Å². The van der Waals surface area contributed by atoms with Gasteiger partial charge in [-0.05, 0) is 42.7 Å². The number of carboxylic acid groups (broad SMARTS) is 1. The van der Waals surface area contributed by atoms with E-state index in [1.807, 2.05) is 6.07 Å². The Hall–Kier alpha value is -1.31. The van der Waals surface area contributed by atoms with E-state index in [1.54, 1.807) is 0 Å². The predicted molar refractivity (Wildman–Crippen MR) is 82.2 cm³/mol. The highest BCUT2D eigenvalue weighted by Crippen LogP contribution is 2.43. The molecule has 2 rings (SSSR count). The quantitative estimate of drug-likeness (QED) is 0.831. The van der Waals surface area contributed by atoms with Crippen LogP contribution in [0.15, 0.2) is 24.3 Å². The third-order valence-electron chi connectivity index (χ3n) is 5.02. The molecule has 0 saturated heterocycles. The first kappa shape index (κ1) is 15.1. The van der Waals surface area contributed by atoms with Gasteiger partial charge in [0.15, 0.2) is 0 Å². The Kier molecular flexibility index (Phi) is 4.85. The van der Waals surface area contributed by atoms with E-state index >= 15 is 0 Å². The molecule has 0 radical (unpaired) electrons. The molecule has 1 saturated carbocycles. The second-order valence-corrected chi connectivity index (χ2v) is 6.05. The summed E-state index contributed by atoms with van der Waals surface area (Å²) in [5.74, 6) is -0.153. The number of hydrogen-bond donors (Lipinski definition) is 1. The van der Waals surface area contributed by atoms with E-state index in [0.717, 1.165) is 44.1 Å². The van der Waals surface area contributed by atoms with E-state index in [2.05, 4.69) is 32.0 Å². The molecule has 0 amide bonds. The van der Waals surface area contributed by atoms with Crippen molar-refractivity contribution in [1.29, 1.82) is 0 Å². The van der Waals surface area contributed by atoms with Gasteiger partial charge < -0.3 is 5.11 Å². The third-order valence-corrected chi connectivity index (χ3v) is 5.02. The zero-order valence-corrected chi connectivity index (χ0v) is 12.7. The second-order valence-electron chi connectivity index (χ2n) is 6.05. The van der Waals surface area contributed by atoms with Gasteiger partial charge in [-0.2, -0.15) is 0 Å². The molecule has 2 heteroatoms. The molecule has 1 aromatic carbocycles. The molecule has 0 bridgehead atoms. The summed E-state index contributed by atoms with van der Waals surface area (Å²) in [7, 11) is 0. The summed E-state index contributed by atoms with van der Waals surface area (Å²) in [4.78, 5) is 12.0. The van der Waals surface area contributed by atoms with Crippen LogP contribution in [0.2, 0.25) is 0 Å². The van der Waals surface area contributed by atoms with Crippen molar-refractivity contribution >= 4 is 5.97 Å². The van der Waals surface area contributed by atoms with Crippen LogP contribution in [-0.4, -0.2) is 11.1 Å². The SMILES string of the molecule is CCC(CC)c1ccccc1C1(C(=O)O)CCCCC1. The molecule has 0 unspecified atom stereocenters. The summed E-state index contributed by atoms with van der Waals surface area (Å²) in [6.07, 6.45) is 6.96. The molecule has 2 nitrogen and oxygen atoms in total. The molecule has 1 N–H and O–H groups in total. The maximum Gasteiger partial charge on any atom is 0.314 e. The van der Waals surface area contributed by atoms with E-state index < -0.39 is 11.4 Å². The van der Waals surface area contributed by atoms with E-state index in [9.17, 15) is 9.90 Å². The highest BCUT2D eigenvalue weighted by molar-refractivity contribution is 5.82. The largest absolute Gasteiger partial charge is 0.481 e. The van der Waals surface area contributed by atoms with Gasteiger partial charge in [0.1, 0.15) is 0 Å².